The molecule has 0 spiro atoms. The van der Waals surface area contributed by atoms with Crippen LogP contribution in [0.4, 0.5) is 10.5 Å². The standard InChI is InChI=1S/C33H40N2O5/c1-4-5-6-7-13-22-34-33(39)35(3)30-23-27(18-20-29(30)25-14-9-8-10-15-25)28-17-12-11-16-26(28)19-21-31(36)40-24(2)32(37)38/h8-12,14-18,20,23-24H,4-7,13,19,21-22H2,1-3H3,(H,34,39)(H,37,38). The molecule has 0 fully saturated rings. The summed E-state index contributed by atoms with van der Waals surface area (Å²) >= 11 is 0. The van der Waals surface area contributed by atoms with E-state index in [-0.39, 0.29) is 12.5 Å². The van der Waals surface area contributed by atoms with Crippen molar-refractivity contribution in [2.24, 2.45) is 0 Å². The van der Waals surface area contributed by atoms with Crippen molar-refractivity contribution in [1.29, 1.82) is 0 Å². The predicted molar refractivity (Wildman–Crippen MR) is 159 cm³/mol. The van der Waals surface area contributed by atoms with Crippen molar-refractivity contribution in [3.05, 3.63) is 78.4 Å². The fourth-order valence-corrected chi connectivity index (χ4v) is 4.55. The monoisotopic (exact) mass is 544 g/mol. The summed E-state index contributed by atoms with van der Waals surface area (Å²) in [6, 6.07) is 23.6. The number of anilines is 1. The summed E-state index contributed by atoms with van der Waals surface area (Å²) in [5, 5.41) is 12.1. The van der Waals surface area contributed by atoms with Crippen molar-refractivity contribution < 1.29 is 24.2 Å². The number of nitrogens with one attached hydrogen (secondary N) is 1. The van der Waals surface area contributed by atoms with Gasteiger partial charge in [-0.25, -0.2) is 9.59 Å². The van der Waals surface area contributed by atoms with E-state index in [4.69, 9.17) is 9.84 Å². The highest BCUT2D eigenvalue weighted by molar-refractivity contribution is 5.97. The molecule has 1 unspecified atom stereocenters. The van der Waals surface area contributed by atoms with Crippen LogP contribution in [-0.4, -0.2) is 42.8 Å². The number of carbonyl (C=O) groups excluding carboxylic acids is 2. The normalized spacial score (nSPS) is 11.5. The van der Waals surface area contributed by atoms with Crippen LogP contribution < -0.4 is 10.2 Å². The van der Waals surface area contributed by atoms with Gasteiger partial charge in [-0.2, -0.15) is 0 Å². The lowest BCUT2D eigenvalue weighted by molar-refractivity contribution is -0.162. The van der Waals surface area contributed by atoms with Crippen LogP contribution in [0.3, 0.4) is 0 Å². The molecular formula is C33H40N2O5. The van der Waals surface area contributed by atoms with Crippen molar-refractivity contribution >= 4 is 23.7 Å². The molecule has 0 aromatic heterocycles. The van der Waals surface area contributed by atoms with Crippen LogP contribution in [0, 0.1) is 0 Å². The molecule has 7 heteroatoms. The van der Waals surface area contributed by atoms with Gasteiger partial charge >= 0.3 is 18.0 Å². The third-order valence-corrected chi connectivity index (χ3v) is 6.89. The number of hydrogen-bond acceptors (Lipinski definition) is 4. The number of ether oxygens (including phenoxy) is 1. The number of unbranched alkanes of at least 4 members (excludes halogenated alkanes) is 4. The van der Waals surface area contributed by atoms with Crippen molar-refractivity contribution in [2.75, 3.05) is 18.5 Å². The SMILES string of the molecule is CCCCCCCNC(=O)N(C)c1cc(-c2ccccc2CCC(=O)OC(C)C(=O)O)ccc1-c1ccccc1. The van der Waals surface area contributed by atoms with Crippen molar-refractivity contribution in [2.45, 2.75) is 64.9 Å². The Kier molecular flexibility index (Phi) is 11.8. The van der Waals surface area contributed by atoms with E-state index in [2.05, 4.69) is 12.2 Å². The van der Waals surface area contributed by atoms with E-state index >= 15 is 0 Å². The minimum absolute atomic E-state index is 0.0597. The Hall–Kier alpha value is -4.13. The van der Waals surface area contributed by atoms with Gasteiger partial charge in [0.15, 0.2) is 6.10 Å². The van der Waals surface area contributed by atoms with Gasteiger partial charge in [0, 0.05) is 25.6 Å². The molecule has 2 amide bonds. The Balaban J connectivity index is 1.85. The Morgan fingerprint density at radius 1 is 0.875 bits per heavy atom. The Morgan fingerprint density at radius 2 is 1.57 bits per heavy atom. The average Bonchev–Trinajstić information content (AvgIpc) is 2.97. The summed E-state index contributed by atoms with van der Waals surface area (Å²) in [6.07, 6.45) is 4.90. The molecule has 0 aliphatic heterocycles. The topological polar surface area (TPSA) is 95.9 Å². The van der Waals surface area contributed by atoms with Gasteiger partial charge in [-0.15, -0.1) is 0 Å². The van der Waals surface area contributed by atoms with Crippen LogP contribution in [0.15, 0.2) is 72.8 Å². The van der Waals surface area contributed by atoms with Crippen molar-refractivity contribution in [3.63, 3.8) is 0 Å². The molecule has 0 heterocycles. The summed E-state index contributed by atoms with van der Waals surface area (Å²) < 4.78 is 4.99. The van der Waals surface area contributed by atoms with E-state index in [1.54, 1.807) is 11.9 Å². The molecule has 0 radical (unpaired) electrons. The second-order valence-corrected chi connectivity index (χ2v) is 9.93. The van der Waals surface area contributed by atoms with Crippen LogP contribution in [0.2, 0.25) is 0 Å². The van der Waals surface area contributed by atoms with Crippen LogP contribution in [-0.2, 0) is 20.7 Å². The van der Waals surface area contributed by atoms with E-state index in [1.165, 1.54) is 26.2 Å². The molecule has 0 bridgehead atoms. The number of carbonyl (C=O) groups is 3. The third-order valence-electron chi connectivity index (χ3n) is 6.89. The molecular weight excluding hydrogens is 504 g/mol. The molecule has 212 valence electrons. The minimum atomic E-state index is -1.19. The zero-order valence-corrected chi connectivity index (χ0v) is 23.7. The van der Waals surface area contributed by atoms with E-state index in [0.717, 1.165) is 46.3 Å². The minimum Gasteiger partial charge on any atom is -0.479 e. The zero-order valence-electron chi connectivity index (χ0n) is 23.7. The Labute approximate surface area is 237 Å². The number of rotatable bonds is 14. The molecule has 0 saturated carbocycles. The number of aryl methyl sites for hydroxylation is 1. The van der Waals surface area contributed by atoms with Crippen molar-refractivity contribution in [1.82, 2.24) is 5.32 Å². The quantitative estimate of drug-likeness (QED) is 0.167. The summed E-state index contributed by atoms with van der Waals surface area (Å²) in [5.41, 5.74) is 5.50. The van der Waals surface area contributed by atoms with Crippen LogP contribution in [0.5, 0.6) is 0 Å². The van der Waals surface area contributed by atoms with E-state index in [1.807, 2.05) is 72.8 Å². The predicted octanol–water partition coefficient (Wildman–Crippen LogP) is 7.09. The first-order chi connectivity index (χ1) is 19.3. The number of hydrogen-bond donors (Lipinski definition) is 2. The van der Waals surface area contributed by atoms with Crippen molar-refractivity contribution in [3.8, 4) is 22.3 Å². The highest BCUT2D eigenvalue weighted by atomic mass is 16.6. The Morgan fingerprint density at radius 3 is 2.30 bits per heavy atom. The largest absolute Gasteiger partial charge is 0.479 e. The third kappa shape index (κ3) is 8.70. The van der Waals surface area contributed by atoms with E-state index < -0.39 is 18.0 Å². The molecule has 0 saturated heterocycles. The molecule has 40 heavy (non-hydrogen) atoms. The fraction of sp³-hybridized carbons (Fsp3) is 0.364. The maximum Gasteiger partial charge on any atom is 0.344 e. The van der Waals surface area contributed by atoms with Gasteiger partial charge in [0.2, 0.25) is 0 Å². The number of nitrogens with zero attached hydrogens (tertiary/aromatic N) is 1. The first kappa shape index (κ1) is 30.4. The van der Waals surface area contributed by atoms with E-state index in [9.17, 15) is 14.4 Å². The first-order valence-electron chi connectivity index (χ1n) is 14.0. The van der Waals surface area contributed by atoms with Crippen LogP contribution >= 0.6 is 0 Å². The molecule has 3 rings (SSSR count). The van der Waals surface area contributed by atoms with Gasteiger partial charge in [0.05, 0.1) is 5.69 Å². The first-order valence-corrected chi connectivity index (χ1v) is 14.0. The molecule has 1 atom stereocenters. The zero-order chi connectivity index (χ0) is 28.9. The molecule has 3 aromatic carbocycles. The highest BCUT2D eigenvalue weighted by Crippen LogP contribution is 2.36. The molecule has 0 aliphatic rings. The molecule has 2 N–H and O–H groups in total. The number of amides is 2. The van der Waals surface area contributed by atoms with Gasteiger partial charge in [-0.1, -0.05) is 99.3 Å². The number of benzene rings is 3. The highest BCUT2D eigenvalue weighted by Gasteiger charge is 2.19. The maximum atomic E-state index is 13.2. The van der Waals surface area contributed by atoms with Gasteiger partial charge in [-0.05, 0) is 48.1 Å². The molecule has 7 nitrogen and oxygen atoms in total. The van der Waals surface area contributed by atoms with Gasteiger partial charge in [0.25, 0.3) is 0 Å². The molecule has 3 aromatic rings. The number of carboxylic acids is 1. The smallest absolute Gasteiger partial charge is 0.344 e. The average molecular weight is 545 g/mol. The lowest BCUT2D eigenvalue weighted by Crippen LogP contribution is -2.38. The van der Waals surface area contributed by atoms with E-state index in [0.29, 0.717) is 13.0 Å². The molecule has 0 aliphatic carbocycles. The maximum absolute atomic E-state index is 13.2. The van der Waals surface area contributed by atoms with Crippen LogP contribution in [0.1, 0.15) is 57.9 Å². The second-order valence-electron chi connectivity index (χ2n) is 9.93. The Bertz CT molecular complexity index is 1270. The van der Waals surface area contributed by atoms with Gasteiger partial charge in [-0.3, -0.25) is 9.69 Å². The summed E-state index contributed by atoms with van der Waals surface area (Å²) in [6.45, 7) is 4.15. The number of carboxylic acid groups (broad SMARTS) is 1. The fourth-order valence-electron chi connectivity index (χ4n) is 4.55. The summed E-state index contributed by atoms with van der Waals surface area (Å²) in [5.74, 6) is -1.74. The lowest BCUT2D eigenvalue weighted by Gasteiger charge is -2.23. The number of aliphatic carboxylic acids is 1. The summed E-state index contributed by atoms with van der Waals surface area (Å²) in [4.78, 5) is 38.1. The van der Waals surface area contributed by atoms with Gasteiger partial charge in [0.1, 0.15) is 0 Å². The lowest BCUT2D eigenvalue weighted by atomic mass is 9.93. The number of esters is 1. The number of urea groups is 1. The van der Waals surface area contributed by atoms with Crippen LogP contribution in [0.25, 0.3) is 22.3 Å². The summed E-state index contributed by atoms with van der Waals surface area (Å²) in [7, 11) is 1.78. The van der Waals surface area contributed by atoms with Gasteiger partial charge < -0.3 is 15.2 Å². The second kappa shape index (κ2) is 15.5.